The Kier molecular flexibility index (Phi) is 6.32. The first kappa shape index (κ1) is 20.8. The maximum atomic E-state index is 13.0. The first-order chi connectivity index (χ1) is 14.7. The Morgan fingerprint density at radius 2 is 1.93 bits per heavy atom. The number of nitrogens with zero attached hydrogens (tertiary/aromatic N) is 6. The molecule has 8 nitrogen and oxygen atoms in total. The van der Waals surface area contributed by atoms with Gasteiger partial charge in [-0.25, -0.2) is 9.48 Å². The van der Waals surface area contributed by atoms with Gasteiger partial charge >= 0.3 is 6.03 Å². The molecule has 1 saturated carbocycles. The summed E-state index contributed by atoms with van der Waals surface area (Å²) in [6.45, 7) is 7.99. The molecule has 1 aromatic carbocycles. The van der Waals surface area contributed by atoms with Crippen molar-refractivity contribution in [3.8, 4) is 0 Å². The first-order valence-electron chi connectivity index (χ1n) is 11.3. The summed E-state index contributed by atoms with van der Waals surface area (Å²) in [5.41, 5.74) is 0.768. The number of aromatic nitrogens is 4. The van der Waals surface area contributed by atoms with Gasteiger partial charge in [-0.2, -0.15) is 0 Å². The third-order valence-corrected chi connectivity index (χ3v) is 6.77. The molecule has 1 saturated heterocycles. The topological polar surface area (TPSA) is 79.2 Å². The van der Waals surface area contributed by atoms with Crippen molar-refractivity contribution in [3.05, 3.63) is 41.7 Å². The minimum atomic E-state index is -0.334. The van der Waals surface area contributed by atoms with E-state index in [1.54, 1.807) is 0 Å². The van der Waals surface area contributed by atoms with E-state index in [4.69, 9.17) is 0 Å². The fraction of sp³-hybridized carbons (Fsp3) is 0.636. The van der Waals surface area contributed by atoms with Crippen LogP contribution in [-0.4, -0.2) is 62.2 Å². The van der Waals surface area contributed by atoms with Gasteiger partial charge in [0.05, 0.1) is 6.04 Å². The van der Waals surface area contributed by atoms with Crippen molar-refractivity contribution in [3.63, 3.8) is 0 Å². The molecule has 1 unspecified atom stereocenters. The number of urea groups is 1. The van der Waals surface area contributed by atoms with E-state index in [0.717, 1.165) is 43.7 Å². The molecule has 1 N–H and O–H groups in total. The second kappa shape index (κ2) is 9.12. The van der Waals surface area contributed by atoms with E-state index in [1.165, 1.54) is 12.8 Å². The van der Waals surface area contributed by atoms with Gasteiger partial charge in [-0.3, -0.25) is 4.90 Å². The van der Waals surface area contributed by atoms with Crippen LogP contribution < -0.4 is 5.32 Å². The van der Waals surface area contributed by atoms with E-state index < -0.39 is 0 Å². The third kappa shape index (κ3) is 3.93. The van der Waals surface area contributed by atoms with Crippen LogP contribution in [0.4, 0.5) is 4.79 Å². The van der Waals surface area contributed by atoms with E-state index in [2.05, 4.69) is 44.3 Å². The average Bonchev–Trinajstić information content (AvgIpc) is 3.54. The van der Waals surface area contributed by atoms with Crippen molar-refractivity contribution in [2.75, 3.05) is 26.2 Å². The number of tetrazole rings is 1. The number of carbonyl (C=O) groups is 1. The van der Waals surface area contributed by atoms with Crippen LogP contribution in [0.5, 0.6) is 0 Å². The molecule has 2 aromatic rings. The molecule has 0 bridgehead atoms. The number of likely N-dealkylation sites (tertiary alicyclic amines) is 1. The highest BCUT2D eigenvalue weighted by atomic mass is 16.2. The van der Waals surface area contributed by atoms with Gasteiger partial charge in [0.1, 0.15) is 5.54 Å². The SMILES string of the molecule is CCN(CC)C1(c2nnnn2C2CCCC2)CCN(C(=O)NCc2ccccc2)C1. The zero-order valence-corrected chi connectivity index (χ0v) is 18.1. The second-order valence-corrected chi connectivity index (χ2v) is 8.41. The summed E-state index contributed by atoms with van der Waals surface area (Å²) in [7, 11) is 0. The van der Waals surface area contributed by atoms with Gasteiger partial charge in [0, 0.05) is 19.6 Å². The van der Waals surface area contributed by atoms with Gasteiger partial charge < -0.3 is 10.2 Å². The summed E-state index contributed by atoms with van der Waals surface area (Å²) in [6.07, 6.45) is 5.58. The molecular formula is C22H33N7O. The monoisotopic (exact) mass is 411 g/mol. The van der Waals surface area contributed by atoms with Crippen LogP contribution in [-0.2, 0) is 12.1 Å². The fourth-order valence-electron chi connectivity index (χ4n) is 5.16. The van der Waals surface area contributed by atoms with Crippen LogP contribution in [0.15, 0.2) is 30.3 Å². The van der Waals surface area contributed by atoms with E-state index in [1.807, 2.05) is 35.2 Å². The summed E-state index contributed by atoms with van der Waals surface area (Å²) in [6, 6.07) is 10.4. The summed E-state index contributed by atoms with van der Waals surface area (Å²) >= 11 is 0. The van der Waals surface area contributed by atoms with Gasteiger partial charge in [0.2, 0.25) is 0 Å². The number of benzene rings is 1. The average molecular weight is 412 g/mol. The van der Waals surface area contributed by atoms with Crippen molar-refractivity contribution in [2.24, 2.45) is 0 Å². The normalized spacial score (nSPS) is 22.2. The molecular weight excluding hydrogens is 378 g/mol. The van der Waals surface area contributed by atoms with Gasteiger partial charge in [-0.1, -0.05) is 57.0 Å². The van der Waals surface area contributed by atoms with Crippen molar-refractivity contribution < 1.29 is 4.79 Å². The lowest BCUT2D eigenvalue weighted by Crippen LogP contribution is -2.51. The predicted molar refractivity (Wildman–Crippen MR) is 115 cm³/mol. The Hall–Kier alpha value is -2.48. The standard InChI is InChI=1S/C22H33N7O/c1-3-28(4-2)22(20-24-25-26-29(20)19-12-8-9-13-19)14-15-27(17-22)21(30)23-16-18-10-6-5-7-11-18/h5-7,10-11,19H,3-4,8-9,12-17H2,1-2H3,(H,23,30). The molecule has 0 spiro atoms. The van der Waals surface area contributed by atoms with Gasteiger partial charge in [0.15, 0.2) is 5.82 Å². The van der Waals surface area contributed by atoms with Gasteiger partial charge in [-0.05, 0) is 48.3 Å². The second-order valence-electron chi connectivity index (χ2n) is 8.41. The van der Waals surface area contributed by atoms with E-state index in [9.17, 15) is 4.79 Å². The van der Waals surface area contributed by atoms with E-state index in [0.29, 0.717) is 25.7 Å². The number of carbonyl (C=O) groups excluding carboxylic acids is 1. The molecule has 1 aliphatic heterocycles. The highest BCUT2D eigenvalue weighted by Gasteiger charge is 2.49. The predicted octanol–water partition coefficient (Wildman–Crippen LogP) is 2.94. The summed E-state index contributed by atoms with van der Waals surface area (Å²) in [5.74, 6) is 0.927. The molecule has 8 heteroatoms. The smallest absolute Gasteiger partial charge is 0.317 e. The highest BCUT2D eigenvalue weighted by molar-refractivity contribution is 5.74. The van der Waals surface area contributed by atoms with Crippen LogP contribution >= 0.6 is 0 Å². The van der Waals surface area contributed by atoms with E-state index in [-0.39, 0.29) is 11.6 Å². The van der Waals surface area contributed by atoms with Gasteiger partial charge in [-0.15, -0.1) is 5.10 Å². The molecule has 0 radical (unpaired) electrons. The fourth-order valence-corrected chi connectivity index (χ4v) is 5.16. The molecule has 30 heavy (non-hydrogen) atoms. The van der Waals surface area contributed by atoms with Crippen LogP contribution in [0.2, 0.25) is 0 Å². The van der Waals surface area contributed by atoms with Crippen LogP contribution in [0.3, 0.4) is 0 Å². The largest absolute Gasteiger partial charge is 0.334 e. The van der Waals surface area contributed by atoms with Crippen LogP contribution in [0.1, 0.15) is 63.4 Å². The molecule has 1 aliphatic carbocycles. The molecule has 1 aromatic heterocycles. The first-order valence-corrected chi connectivity index (χ1v) is 11.3. The zero-order valence-electron chi connectivity index (χ0n) is 18.1. The molecule has 2 heterocycles. The Morgan fingerprint density at radius 3 is 2.63 bits per heavy atom. The van der Waals surface area contributed by atoms with Crippen molar-refractivity contribution >= 4 is 6.03 Å². The minimum absolute atomic E-state index is 0.0206. The van der Waals surface area contributed by atoms with Gasteiger partial charge in [0.25, 0.3) is 0 Å². The quantitative estimate of drug-likeness (QED) is 0.758. The highest BCUT2D eigenvalue weighted by Crippen LogP contribution is 2.39. The molecule has 2 amide bonds. The number of nitrogens with one attached hydrogen (secondary N) is 1. The molecule has 1 atom stereocenters. The molecule has 4 rings (SSSR count). The summed E-state index contributed by atoms with van der Waals surface area (Å²) < 4.78 is 2.07. The Morgan fingerprint density at radius 1 is 1.20 bits per heavy atom. The van der Waals surface area contributed by atoms with Crippen molar-refractivity contribution in [1.29, 1.82) is 0 Å². The molecule has 162 valence electrons. The maximum Gasteiger partial charge on any atom is 0.317 e. The lowest BCUT2D eigenvalue weighted by Gasteiger charge is -2.39. The van der Waals surface area contributed by atoms with Crippen LogP contribution in [0.25, 0.3) is 0 Å². The third-order valence-electron chi connectivity index (χ3n) is 6.77. The lowest BCUT2D eigenvalue weighted by molar-refractivity contribution is 0.0893. The zero-order chi connectivity index (χ0) is 21.0. The maximum absolute atomic E-state index is 13.0. The number of likely N-dealkylation sites (N-methyl/N-ethyl adjacent to an activating group) is 1. The van der Waals surface area contributed by atoms with Crippen molar-refractivity contribution in [2.45, 2.75) is 64.1 Å². The minimum Gasteiger partial charge on any atom is -0.334 e. The molecule has 2 aliphatic rings. The number of amides is 2. The Labute approximate surface area is 178 Å². The Bertz CT molecular complexity index is 829. The number of rotatable bonds is 7. The van der Waals surface area contributed by atoms with Crippen LogP contribution in [0, 0.1) is 0 Å². The lowest BCUT2D eigenvalue weighted by atomic mass is 9.94. The van der Waals surface area contributed by atoms with Crippen molar-refractivity contribution in [1.82, 2.24) is 35.3 Å². The number of hydrogen-bond donors (Lipinski definition) is 1. The summed E-state index contributed by atoms with van der Waals surface area (Å²) in [5, 5.41) is 16.1. The number of hydrogen-bond acceptors (Lipinski definition) is 5. The Balaban J connectivity index is 1.54. The summed E-state index contributed by atoms with van der Waals surface area (Å²) in [4.78, 5) is 17.3. The molecule has 2 fully saturated rings. The van der Waals surface area contributed by atoms with E-state index >= 15 is 0 Å².